The van der Waals surface area contributed by atoms with Crippen molar-refractivity contribution < 1.29 is 9.66 Å². The van der Waals surface area contributed by atoms with Crippen molar-refractivity contribution in [1.82, 2.24) is 0 Å². The second-order valence-corrected chi connectivity index (χ2v) is 3.20. The lowest BCUT2D eigenvalue weighted by Gasteiger charge is -2.06. The first-order valence-corrected chi connectivity index (χ1v) is 4.93. The molecular formula is C10H14ClNO3. The largest absolute Gasteiger partial charge is 0.486 e. The highest BCUT2D eigenvalue weighted by Gasteiger charge is 2.17. The minimum absolute atomic E-state index is 0.102. The van der Waals surface area contributed by atoms with Gasteiger partial charge in [-0.3, -0.25) is 10.1 Å². The van der Waals surface area contributed by atoms with Gasteiger partial charge in [0.1, 0.15) is 6.61 Å². The van der Waals surface area contributed by atoms with Crippen LogP contribution in [0.5, 0.6) is 0 Å². The van der Waals surface area contributed by atoms with Crippen molar-refractivity contribution in [3.8, 4) is 0 Å². The van der Waals surface area contributed by atoms with Crippen LogP contribution in [-0.4, -0.2) is 17.4 Å². The zero-order chi connectivity index (χ0) is 11.8. The molecule has 0 saturated heterocycles. The van der Waals surface area contributed by atoms with Gasteiger partial charge in [-0.1, -0.05) is 12.2 Å². The molecule has 0 radical (unpaired) electrons. The molecule has 0 amide bonds. The minimum atomic E-state index is -0.502. The standard InChI is InChI=1S/C10H14ClNO3/c1-4-10(15-6-5-11)9(12(13)14)7-8(2)3/h4,7H,2,5-6H2,1,3H3/b9-7+,10-4+. The van der Waals surface area contributed by atoms with Gasteiger partial charge in [0.25, 0.3) is 0 Å². The highest BCUT2D eigenvalue weighted by Crippen LogP contribution is 2.14. The Kier molecular flexibility index (Phi) is 6.45. The van der Waals surface area contributed by atoms with Crippen molar-refractivity contribution in [2.24, 2.45) is 0 Å². The molecule has 0 saturated carbocycles. The van der Waals surface area contributed by atoms with Gasteiger partial charge in [0, 0.05) is 6.08 Å². The Balaban J connectivity index is 4.89. The predicted octanol–water partition coefficient (Wildman–Crippen LogP) is 2.88. The van der Waals surface area contributed by atoms with Crippen molar-refractivity contribution in [3.05, 3.63) is 45.9 Å². The summed E-state index contributed by atoms with van der Waals surface area (Å²) in [7, 11) is 0. The number of hydrogen-bond donors (Lipinski definition) is 0. The summed E-state index contributed by atoms with van der Waals surface area (Å²) in [6, 6.07) is 0. The number of allylic oxidation sites excluding steroid dienone is 3. The average molecular weight is 232 g/mol. The lowest BCUT2D eigenvalue weighted by molar-refractivity contribution is -0.424. The summed E-state index contributed by atoms with van der Waals surface area (Å²) in [5.41, 5.74) is 0.491. The maximum Gasteiger partial charge on any atom is 0.310 e. The molecule has 5 heteroatoms. The van der Waals surface area contributed by atoms with Gasteiger partial charge in [0.2, 0.25) is 0 Å². The Morgan fingerprint density at radius 3 is 2.60 bits per heavy atom. The quantitative estimate of drug-likeness (QED) is 0.232. The number of rotatable bonds is 6. The van der Waals surface area contributed by atoms with E-state index in [2.05, 4.69) is 6.58 Å². The fourth-order valence-electron chi connectivity index (χ4n) is 0.901. The highest BCUT2D eigenvalue weighted by molar-refractivity contribution is 6.17. The molecule has 0 aromatic carbocycles. The molecule has 0 unspecified atom stereocenters. The average Bonchev–Trinajstić information content (AvgIpc) is 2.16. The highest BCUT2D eigenvalue weighted by atomic mass is 35.5. The summed E-state index contributed by atoms with van der Waals surface area (Å²) in [6.07, 6.45) is 2.90. The lowest BCUT2D eigenvalue weighted by Crippen LogP contribution is -2.07. The molecule has 0 N–H and O–H groups in total. The maximum absolute atomic E-state index is 10.7. The Morgan fingerprint density at radius 1 is 1.67 bits per heavy atom. The van der Waals surface area contributed by atoms with E-state index in [9.17, 15) is 10.1 Å². The molecule has 15 heavy (non-hydrogen) atoms. The molecular weight excluding hydrogens is 218 g/mol. The minimum Gasteiger partial charge on any atom is -0.486 e. The molecule has 0 fully saturated rings. The Labute approximate surface area is 94.0 Å². The van der Waals surface area contributed by atoms with Crippen LogP contribution in [0.1, 0.15) is 13.8 Å². The van der Waals surface area contributed by atoms with E-state index in [0.29, 0.717) is 5.57 Å². The number of alkyl halides is 1. The summed E-state index contributed by atoms with van der Waals surface area (Å²) in [6.45, 7) is 7.17. The molecule has 0 aliphatic carbocycles. The first kappa shape index (κ1) is 13.7. The van der Waals surface area contributed by atoms with Crippen molar-refractivity contribution in [2.45, 2.75) is 13.8 Å². The second kappa shape index (κ2) is 7.06. The van der Waals surface area contributed by atoms with E-state index in [4.69, 9.17) is 16.3 Å². The summed E-state index contributed by atoms with van der Waals surface area (Å²) < 4.78 is 5.14. The smallest absolute Gasteiger partial charge is 0.310 e. The first-order chi connectivity index (χ1) is 7.02. The second-order valence-electron chi connectivity index (χ2n) is 2.82. The van der Waals surface area contributed by atoms with Gasteiger partial charge in [0.05, 0.1) is 10.8 Å². The Bertz CT molecular complexity index is 308. The molecule has 0 rings (SSSR count). The van der Waals surface area contributed by atoms with E-state index in [1.54, 1.807) is 13.8 Å². The molecule has 84 valence electrons. The molecule has 0 aromatic heterocycles. The third kappa shape index (κ3) is 5.22. The Hall–Kier alpha value is -1.29. The monoisotopic (exact) mass is 231 g/mol. The molecule has 0 aliphatic heterocycles. The van der Waals surface area contributed by atoms with Crippen LogP contribution < -0.4 is 0 Å². The van der Waals surface area contributed by atoms with Crippen LogP contribution in [0.15, 0.2) is 35.8 Å². The third-order valence-corrected chi connectivity index (χ3v) is 1.58. The molecule has 0 bridgehead atoms. The topological polar surface area (TPSA) is 52.4 Å². The summed E-state index contributed by atoms with van der Waals surface area (Å²) in [5, 5.41) is 10.7. The summed E-state index contributed by atoms with van der Waals surface area (Å²) >= 11 is 5.43. The van der Waals surface area contributed by atoms with E-state index in [0.717, 1.165) is 0 Å². The summed E-state index contributed by atoms with van der Waals surface area (Å²) in [4.78, 5) is 10.2. The Morgan fingerprint density at radius 2 is 2.27 bits per heavy atom. The van der Waals surface area contributed by atoms with Crippen LogP contribution >= 0.6 is 11.6 Å². The maximum atomic E-state index is 10.7. The van der Waals surface area contributed by atoms with E-state index < -0.39 is 4.92 Å². The normalized spacial score (nSPS) is 12.5. The number of nitro groups is 1. The van der Waals surface area contributed by atoms with Gasteiger partial charge in [-0.15, -0.1) is 11.6 Å². The fourth-order valence-corrected chi connectivity index (χ4v) is 0.978. The van der Waals surface area contributed by atoms with E-state index in [-0.39, 0.29) is 23.9 Å². The summed E-state index contributed by atoms with van der Waals surface area (Å²) in [5.74, 6) is 0.499. The zero-order valence-electron chi connectivity index (χ0n) is 8.83. The van der Waals surface area contributed by atoms with Crippen LogP contribution in [-0.2, 0) is 4.74 Å². The molecule has 0 heterocycles. The van der Waals surface area contributed by atoms with Crippen molar-refractivity contribution in [1.29, 1.82) is 0 Å². The third-order valence-electron chi connectivity index (χ3n) is 1.43. The number of hydrogen-bond acceptors (Lipinski definition) is 3. The van der Waals surface area contributed by atoms with Crippen LogP contribution in [0.2, 0.25) is 0 Å². The van der Waals surface area contributed by atoms with Gasteiger partial charge in [-0.2, -0.15) is 0 Å². The van der Waals surface area contributed by atoms with E-state index >= 15 is 0 Å². The lowest BCUT2D eigenvalue weighted by atomic mass is 10.2. The number of ether oxygens (including phenoxy) is 1. The van der Waals surface area contributed by atoms with E-state index in [1.165, 1.54) is 12.2 Å². The number of halogens is 1. The zero-order valence-corrected chi connectivity index (χ0v) is 9.58. The predicted molar refractivity (Wildman–Crippen MR) is 60.3 cm³/mol. The molecule has 0 spiro atoms. The number of nitrogens with zero attached hydrogens (tertiary/aromatic N) is 1. The van der Waals surface area contributed by atoms with Crippen molar-refractivity contribution >= 4 is 11.6 Å². The van der Waals surface area contributed by atoms with E-state index in [1.807, 2.05) is 0 Å². The van der Waals surface area contributed by atoms with Gasteiger partial charge in [0.15, 0.2) is 5.76 Å². The SMILES string of the molecule is C=C(C)/C=C(\C(=C/C)OCCCl)[N+](=O)[O-]. The van der Waals surface area contributed by atoms with Crippen LogP contribution in [0.25, 0.3) is 0 Å². The molecule has 0 aromatic rings. The van der Waals surface area contributed by atoms with Crippen LogP contribution in [0.4, 0.5) is 0 Å². The van der Waals surface area contributed by atoms with Crippen molar-refractivity contribution in [2.75, 3.05) is 12.5 Å². The van der Waals surface area contributed by atoms with Crippen LogP contribution in [0, 0.1) is 10.1 Å². The van der Waals surface area contributed by atoms with Gasteiger partial charge < -0.3 is 4.74 Å². The van der Waals surface area contributed by atoms with Gasteiger partial charge >= 0.3 is 5.70 Å². The van der Waals surface area contributed by atoms with Gasteiger partial charge in [-0.05, 0) is 19.9 Å². The first-order valence-electron chi connectivity index (χ1n) is 4.40. The molecule has 4 nitrogen and oxygen atoms in total. The van der Waals surface area contributed by atoms with Gasteiger partial charge in [-0.25, -0.2) is 0 Å². The molecule has 0 atom stereocenters. The van der Waals surface area contributed by atoms with Crippen molar-refractivity contribution in [3.63, 3.8) is 0 Å². The fraction of sp³-hybridized carbons (Fsp3) is 0.400. The van der Waals surface area contributed by atoms with Crippen LogP contribution in [0.3, 0.4) is 0 Å². The molecule has 0 aliphatic rings.